The molecule has 1 aliphatic rings. The minimum absolute atomic E-state index is 0.233. The molecule has 0 aliphatic carbocycles. The molecule has 0 bridgehead atoms. The predicted molar refractivity (Wildman–Crippen MR) is 85.8 cm³/mol. The van der Waals surface area contributed by atoms with Crippen LogP contribution in [0, 0.1) is 0 Å². The van der Waals surface area contributed by atoms with Crippen molar-refractivity contribution in [3.05, 3.63) is 66.0 Å². The van der Waals surface area contributed by atoms with Gasteiger partial charge in [0.25, 0.3) is 0 Å². The Morgan fingerprint density at radius 3 is 3.00 bits per heavy atom. The summed E-state index contributed by atoms with van der Waals surface area (Å²) in [4.78, 5) is 6.88. The monoisotopic (exact) mass is 309 g/mol. The Bertz CT molecular complexity index is 780. The topological polar surface area (TPSA) is 59.0 Å². The van der Waals surface area contributed by atoms with E-state index >= 15 is 0 Å². The van der Waals surface area contributed by atoms with Crippen molar-refractivity contribution in [1.29, 1.82) is 0 Å². The third-order valence-electron chi connectivity index (χ3n) is 4.39. The van der Waals surface area contributed by atoms with Gasteiger partial charge in [-0.1, -0.05) is 18.2 Å². The Labute approximate surface area is 134 Å². The van der Waals surface area contributed by atoms with Crippen molar-refractivity contribution in [3.63, 3.8) is 0 Å². The first-order valence-electron chi connectivity index (χ1n) is 7.70. The molecule has 0 spiro atoms. The molecule has 3 aromatic rings. The highest BCUT2D eigenvalue weighted by atomic mass is 16.5. The van der Waals surface area contributed by atoms with Crippen LogP contribution in [0.5, 0.6) is 5.75 Å². The summed E-state index contributed by atoms with van der Waals surface area (Å²) in [5.74, 6) is 2.02. The third kappa shape index (κ3) is 2.61. The van der Waals surface area contributed by atoms with Crippen LogP contribution in [0.1, 0.15) is 23.1 Å². The van der Waals surface area contributed by atoms with E-state index in [1.54, 1.807) is 13.3 Å². The Morgan fingerprint density at radius 1 is 1.26 bits per heavy atom. The molecule has 0 amide bonds. The highest BCUT2D eigenvalue weighted by Crippen LogP contribution is 2.35. The highest BCUT2D eigenvalue weighted by Gasteiger charge is 2.30. The van der Waals surface area contributed by atoms with E-state index in [9.17, 15) is 0 Å². The van der Waals surface area contributed by atoms with Crippen molar-refractivity contribution in [3.8, 4) is 5.75 Å². The maximum absolute atomic E-state index is 5.58. The average molecular weight is 309 g/mol. The number of aromatic amines is 1. The van der Waals surface area contributed by atoms with Gasteiger partial charge < -0.3 is 9.30 Å². The van der Waals surface area contributed by atoms with Crippen LogP contribution in [0.2, 0.25) is 0 Å². The Morgan fingerprint density at radius 2 is 2.17 bits per heavy atom. The van der Waals surface area contributed by atoms with Gasteiger partial charge in [-0.05, 0) is 12.1 Å². The number of nitrogens with zero attached hydrogens (tertiary/aromatic N) is 4. The van der Waals surface area contributed by atoms with E-state index in [4.69, 9.17) is 4.74 Å². The normalized spacial score (nSPS) is 17.9. The van der Waals surface area contributed by atoms with Gasteiger partial charge in [0, 0.05) is 42.9 Å². The van der Waals surface area contributed by atoms with E-state index < -0.39 is 0 Å². The molecule has 118 valence electrons. The molecule has 1 N–H and O–H groups in total. The molecule has 2 aromatic heterocycles. The standard InChI is InChI=1S/C17H19N5O/c1-23-16-5-3-2-4-14(16)15-11-21-9-8-18-17(21)12-22(15)10-13-6-7-19-20-13/h2-9,15H,10-12H2,1H3,(H,19,20). The van der Waals surface area contributed by atoms with Crippen molar-refractivity contribution in [1.82, 2.24) is 24.6 Å². The summed E-state index contributed by atoms with van der Waals surface area (Å²) < 4.78 is 7.80. The van der Waals surface area contributed by atoms with Gasteiger partial charge in [0.15, 0.2) is 0 Å². The number of ether oxygens (including phenoxy) is 1. The minimum atomic E-state index is 0.233. The van der Waals surface area contributed by atoms with Crippen molar-refractivity contribution in [2.24, 2.45) is 0 Å². The molecule has 4 rings (SSSR count). The van der Waals surface area contributed by atoms with Crippen LogP contribution < -0.4 is 4.74 Å². The predicted octanol–water partition coefficient (Wildman–Crippen LogP) is 2.37. The van der Waals surface area contributed by atoms with Gasteiger partial charge >= 0.3 is 0 Å². The lowest BCUT2D eigenvalue weighted by atomic mass is 10.0. The number of hydrogen-bond acceptors (Lipinski definition) is 4. The van der Waals surface area contributed by atoms with Crippen molar-refractivity contribution in [2.45, 2.75) is 25.7 Å². The van der Waals surface area contributed by atoms with Gasteiger partial charge in [-0.15, -0.1) is 0 Å². The number of methoxy groups -OCH3 is 1. The van der Waals surface area contributed by atoms with Crippen molar-refractivity contribution in [2.75, 3.05) is 7.11 Å². The molecule has 0 fully saturated rings. The Hall–Kier alpha value is -2.60. The zero-order valence-electron chi connectivity index (χ0n) is 13.0. The lowest BCUT2D eigenvalue weighted by Crippen LogP contribution is -2.37. The number of rotatable bonds is 4. The molecular formula is C17H19N5O. The molecule has 0 radical (unpaired) electrons. The third-order valence-corrected chi connectivity index (χ3v) is 4.39. The second-order valence-electron chi connectivity index (χ2n) is 5.74. The van der Waals surface area contributed by atoms with E-state index in [2.05, 4.69) is 36.8 Å². The summed E-state index contributed by atoms with van der Waals surface area (Å²) in [6, 6.07) is 10.5. The maximum Gasteiger partial charge on any atom is 0.123 e. The van der Waals surface area contributed by atoms with Gasteiger partial charge in [0.1, 0.15) is 11.6 Å². The van der Waals surface area contributed by atoms with Gasteiger partial charge in [0.2, 0.25) is 0 Å². The van der Waals surface area contributed by atoms with E-state index in [1.165, 1.54) is 5.56 Å². The SMILES string of the molecule is COc1ccccc1C1Cn2ccnc2CN1Cc1ccn[nH]1. The van der Waals surface area contributed by atoms with Crippen LogP contribution in [0.4, 0.5) is 0 Å². The number of hydrogen-bond donors (Lipinski definition) is 1. The molecule has 6 heteroatoms. The van der Waals surface area contributed by atoms with E-state index in [0.717, 1.165) is 36.9 Å². The summed E-state index contributed by atoms with van der Waals surface area (Å²) in [6.45, 7) is 2.47. The largest absolute Gasteiger partial charge is 0.496 e. The van der Waals surface area contributed by atoms with Crippen LogP contribution >= 0.6 is 0 Å². The summed E-state index contributed by atoms with van der Waals surface area (Å²) in [7, 11) is 1.73. The molecule has 0 saturated carbocycles. The molecular weight excluding hydrogens is 290 g/mol. The minimum Gasteiger partial charge on any atom is -0.496 e. The zero-order chi connectivity index (χ0) is 15.6. The number of aromatic nitrogens is 4. The molecule has 3 heterocycles. The second-order valence-corrected chi connectivity index (χ2v) is 5.74. The molecule has 1 unspecified atom stereocenters. The maximum atomic E-state index is 5.58. The summed E-state index contributed by atoms with van der Waals surface area (Å²) in [6.07, 6.45) is 5.71. The first-order chi connectivity index (χ1) is 11.3. The van der Waals surface area contributed by atoms with Crippen molar-refractivity contribution >= 4 is 0 Å². The van der Waals surface area contributed by atoms with Crippen molar-refractivity contribution < 1.29 is 4.74 Å². The summed E-state index contributed by atoms with van der Waals surface area (Å²) in [5.41, 5.74) is 2.30. The molecule has 6 nitrogen and oxygen atoms in total. The molecule has 23 heavy (non-hydrogen) atoms. The van der Waals surface area contributed by atoms with Crippen LogP contribution in [-0.2, 0) is 19.6 Å². The fourth-order valence-electron chi connectivity index (χ4n) is 3.25. The second kappa shape index (κ2) is 5.89. The lowest BCUT2D eigenvalue weighted by molar-refractivity contribution is 0.124. The smallest absolute Gasteiger partial charge is 0.123 e. The summed E-state index contributed by atoms with van der Waals surface area (Å²) in [5, 5.41) is 7.11. The van der Waals surface area contributed by atoms with Crippen LogP contribution in [-0.4, -0.2) is 31.8 Å². The van der Waals surface area contributed by atoms with Crippen LogP contribution in [0.3, 0.4) is 0 Å². The van der Waals surface area contributed by atoms with E-state index in [-0.39, 0.29) is 6.04 Å². The Kier molecular flexibility index (Phi) is 3.59. The van der Waals surface area contributed by atoms with Gasteiger partial charge in [-0.3, -0.25) is 10.00 Å². The van der Waals surface area contributed by atoms with Gasteiger partial charge in [0.05, 0.1) is 19.7 Å². The lowest BCUT2D eigenvalue weighted by Gasteiger charge is -2.36. The quantitative estimate of drug-likeness (QED) is 0.804. The number of nitrogens with one attached hydrogen (secondary N) is 1. The fraction of sp³-hybridized carbons (Fsp3) is 0.294. The van der Waals surface area contributed by atoms with Crippen LogP contribution in [0.15, 0.2) is 48.9 Å². The van der Waals surface area contributed by atoms with E-state index in [0.29, 0.717) is 0 Å². The molecule has 1 atom stereocenters. The number of benzene rings is 1. The van der Waals surface area contributed by atoms with E-state index in [1.807, 2.05) is 30.6 Å². The number of H-pyrrole nitrogens is 1. The zero-order valence-corrected chi connectivity index (χ0v) is 13.0. The summed E-state index contributed by atoms with van der Waals surface area (Å²) >= 11 is 0. The number of imidazole rings is 1. The van der Waals surface area contributed by atoms with Crippen LogP contribution in [0.25, 0.3) is 0 Å². The first-order valence-corrected chi connectivity index (χ1v) is 7.70. The molecule has 1 aromatic carbocycles. The fourth-order valence-corrected chi connectivity index (χ4v) is 3.25. The van der Waals surface area contributed by atoms with Gasteiger partial charge in [-0.2, -0.15) is 5.10 Å². The van der Waals surface area contributed by atoms with Gasteiger partial charge in [-0.25, -0.2) is 4.98 Å². The molecule has 0 saturated heterocycles. The Balaban J connectivity index is 1.71. The molecule has 1 aliphatic heterocycles. The number of para-hydroxylation sites is 1. The first kappa shape index (κ1) is 14.0. The number of fused-ring (bicyclic) bond motifs is 1. The average Bonchev–Trinajstić information content (AvgIpc) is 3.25. The highest BCUT2D eigenvalue weighted by molar-refractivity contribution is 5.36.